The van der Waals surface area contributed by atoms with Crippen LogP contribution >= 0.6 is 11.8 Å². The summed E-state index contributed by atoms with van der Waals surface area (Å²) in [6.45, 7) is 2.86. The van der Waals surface area contributed by atoms with Gasteiger partial charge in [-0.2, -0.15) is 0 Å². The fourth-order valence-electron chi connectivity index (χ4n) is 2.43. The monoisotopic (exact) mass is 245 g/mol. The lowest BCUT2D eigenvalue weighted by Gasteiger charge is -2.45. The first-order valence-corrected chi connectivity index (χ1v) is 6.90. The summed E-state index contributed by atoms with van der Waals surface area (Å²) in [5.41, 5.74) is 0. The summed E-state index contributed by atoms with van der Waals surface area (Å²) >= 11 is 1.87. The lowest BCUT2D eigenvalue weighted by molar-refractivity contribution is -0.140. The number of carboxylic acids is 1. The molecule has 16 heavy (non-hydrogen) atoms. The van der Waals surface area contributed by atoms with Crippen molar-refractivity contribution >= 4 is 17.7 Å². The molecule has 3 unspecified atom stereocenters. The lowest BCUT2D eigenvalue weighted by Crippen LogP contribution is -2.58. The van der Waals surface area contributed by atoms with Crippen molar-refractivity contribution in [1.29, 1.82) is 0 Å². The average Bonchev–Trinajstić information content (AvgIpc) is 2.29. The third-order valence-corrected chi connectivity index (χ3v) is 4.87. The minimum absolute atomic E-state index is 0.0553. The number of hydrogen-bond donors (Lipinski definition) is 2. The zero-order chi connectivity index (χ0) is 11.6. The maximum atomic E-state index is 11.0. The summed E-state index contributed by atoms with van der Waals surface area (Å²) in [6.07, 6.45) is 3.85. The second-order valence-corrected chi connectivity index (χ2v) is 6.00. The Kier molecular flexibility index (Phi) is 3.77. The van der Waals surface area contributed by atoms with E-state index in [1.807, 2.05) is 11.8 Å². The summed E-state index contributed by atoms with van der Waals surface area (Å²) in [6, 6.07) is -0.378. The minimum Gasteiger partial charge on any atom is -0.480 e. The fourth-order valence-corrected chi connectivity index (χ4v) is 3.93. The fraction of sp³-hybridized carbons (Fsp3) is 0.909. The van der Waals surface area contributed by atoms with Crippen LogP contribution in [0.5, 0.6) is 0 Å². The predicted molar refractivity (Wildman–Crippen MR) is 63.6 cm³/mol. The zero-order valence-electron chi connectivity index (χ0n) is 9.57. The minimum atomic E-state index is -0.723. The van der Waals surface area contributed by atoms with Gasteiger partial charge in [-0.3, -0.25) is 10.1 Å². The first-order valence-electron chi connectivity index (χ1n) is 5.91. The molecule has 0 aromatic carbocycles. The first kappa shape index (κ1) is 12.2. The van der Waals surface area contributed by atoms with E-state index in [2.05, 4.69) is 12.2 Å². The largest absolute Gasteiger partial charge is 0.480 e. The summed E-state index contributed by atoms with van der Waals surface area (Å²) < 4.78 is 5.65. The Labute approximate surface area is 100 Å². The quantitative estimate of drug-likeness (QED) is 0.771. The van der Waals surface area contributed by atoms with Crippen LogP contribution in [0.2, 0.25) is 0 Å². The molecule has 2 heterocycles. The summed E-state index contributed by atoms with van der Waals surface area (Å²) in [7, 11) is 0. The molecule has 2 rings (SSSR count). The van der Waals surface area contributed by atoms with Crippen LogP contribution in [0, 0.1) is 0 Å². The number of hydrogen-bond acceptors (Lipinski definition) is 4. The summed E-state index contributed by atoms with van der Waals surface area (Å²) in [5, 5.41) is 12.4. The molecule has 2 saturated heterocycles. The van der Waals surface area contributed by atoms with E-state index in [9.17, 15) is 4.79 Å². The van der Waals surface area contributed by atoms with Gasteiger partial charge in [0.05, 0.1) is 11.0 Å². The van der Waals surface area contributed by atoms with Crippen molar-refractivity contribution in [2.45, 2.75) is 49.6 Å². The Balaban J connectivity index is 2.03. The molecule has 0 saturated carbocycles. The molecule has 0 amide bonds. The SMILES string of the molecule is CCC1CC2(CCO1)NC(C(=O)O)CCS2. The van der Waals surface area contributed by atoms with Gasteiger partial charge in [0.1, 0.15) is 6.04 Å². The molecule has 1 spiro atoms. The molecule has 3 atom stereocenters. The number of nitrogens with one attached hydrogen (secondary N) is 1. The van der Waals surface area contributed by atoms with E-state index in [1.54, 1.807) is 0 Å². The second-order valence-electron chi connectivity index (χ2n) is 4.52. The van der Waals surface area contributed by atoms with Gasteiger partial charge in [-0.1, -0.05) is 6.92 Å². The van der Waals surface area contributed by atoms with Gasteiger partial charge in [-0.25, -0.2) is 0 Å². The van der Waals surface area contributed by atoms with E-state index in [1.165, 1.54) is 0 Å². The number of ether oxygens (including phenoxy) is 1. The Bertz CT molecular complexity index is 270. The molecule has 0 bridgehead atoms. The maximum absolute atomic E-state index is 11.0. The molecule has 0 aromatic rings. The highest BCUT2D eigenvalue weighted by atomic mass is 32.2. The third-order valence-electron chi connectivity index (χ3n) is 3.39. The molecule has 2 fully saturated rings. The molecular weight excluding hydrogens is 226 g/mol. The standard InChI is InChI=1S/C11H19NO3S/c1-2-8-7-11(4-5-15-8)12-9(10(13)14)3-6-16-11/h8-9,12H,2-7H2,1H3,(H,13,14). The van der Waals surface area contributed by atoms with Gasteiger partial charge in [-0.15, -0.1) is 11.8 Å². The van der Waals surface area contributed by atoms with Crippen LogP contribution in [-0.4, -0.2) is 40.5 Å². The maximum Gasteiger partial charge on any atom is 0.320 e. The van der Waals surface area contributed by atoms with Crippen LogP contribution in [-0.2, 0) is 9.53 Å². The van der Waals surface area contributed by atoms with E-state index in [0.29, 0.717) is 0 Å². The van der Waals surface area contributed by atoms with Gasteiger partial charge in [0.2, 0.25) is 0 Å². The smallest absolute Gasteiger partial charge is 0.320 e. The Morgan fingerprint density at radius 3 is 3.19 bits per heavy atom. The lowest BCUT2D eigenvalue weighted by atomic mass is 9.99. The van der Waals surface area contributed by atoms with E-state index < -0.39 is 5.97 Å². The number of thioether (sulfide) groups is 1. The Morgan fingerprint density at radius 2 is 2.50 bits per heavy atom. The van der Waals surface area contributed by atoms with Gasteiger partial charge in [0.15, 0.2) is 0 Å². The number of rotatable bonds is 2. The third kappa shape index (κ3) is 2.52. The van der Waals surface area contributed by atoms with Crippen LogP contribution in [0.25, 0.3) is 0 Å². The topological polar surface area (TPSA) is 58.6 Å². The molecule has 2 N–H and O–H groups in total. The predicted octanol–water partition coefficient (Wildman–Crippen LogP) is 1.45. The Hall–Kier alpha value is -0.260. The van der Waals surface area contributed by atoms with E-state index >= 15 is 0 Å². The van der Waals surface area contributed by atoms with Crippen molar-refractivity contribution in [3.63, 3.8) is 0 Å². The molecule has 5 heteroatoms. The number of aliphatic carboxylic acids is 1. The van der Waals surface area contributed by atoms with Gasteiger partial charge in [0, 0.05) is 13.0 Å². The normalized spacial score (nSPS) is 39.8. The van der Waals surface area contributed by atoms with Crippen molar-refractivity contribution < 1.29 is 14.6 Å². The van der Waals surface area contributed by atoms with Crippen LogP contribution in [0.3, 0.4) is 0 Å². The number of carboxylic acid groups (broad SMARTS) is 1. The Morgan fingerprint density at radius 1 is 1.69 bits per heavy atom. The zero-order valence-corrected chi connectivity index (χ0v) is 10.4. The molecule has 4 nitrogen and oxygen atoms in total. The van der Waals surface area contributed by atoms with Crippen molar-refractivity contribution in [2.24, 2.45) is 0 Å². The van der Waals surface area contributed by atoms with Crippen molar-refractivity contribution in [1.82, 2.24) is 5.32 Å². The summed E-state index contributed by atoms with van der Waals surface area (Å²) in [4.78, 5) is 11.0. The first-order chi connectivity index (χ1) is 7.65. The van der Waals surface area contributed by atoms with Crippen LogP contribution < -0.4 is 5.32 Å². The highest BCUT2D eigenvalue weighted by Gasteiger charge is 2.42. The molecule has 0 aromatic heterocycles. The van der Waals surface area contributed by atoms with E-state index in [-0.39, 0.29) is 17.0 Å². The second kappa shape index (κ2) is 4.94. The van der Waals surface area contributed by atoms with Crippen molar-refractivity contribution in [3.05, 3.63) is 0 Å². The van der Waals surface area contributed by atoms with E-state index in [0.717, 1.165) is 38.0 Å². The van der Waals surface area contributed by atoms with Crippen LogP contribution in [0.1, 0.15) is 32.6 Å². The van der Waals surface area contributed by atoms with Crippen LogP contribution in [0.15, 0.2) is 0 Å². The van der Waals surface area contributed by atoms with Crippen molar-refractivity contribution in [2.75, 3.05) is 12.4 Å². The highest BCUT2D eigenvalue weighted by molar-refractivity contribution is 8.00. The molecule has 0 aliphatic carbocycles. The molecule has 2 aliphatic heterocycles. The van der Waals surface area contributed by atoms with E-state index in [4.69, 9.17) is 9.84 Å². The summed E-state index contributed by atoms with van der Waals surface area (Å²) in [5.74, 6) is 0.208. The average molecular weight is 245 g/mol. The molecule has 92 valence electrons. The molecule has 0 radical (unpaired) electrons. The number of carbonyl (C=O) groups is 1. The van der Waals surface area contributed by atoms with Crippen molar-refractivity contribution in [3.8, 4) is 0 Å². The molecule has 2 aliphatic rings. The van der Waals surface area contributed by atoms with Gasteiger partial charge in [0.25, 0.3) is 0 Å². The highest BCUT2D eigenvalue weighted by Crippen LogP contribution is 2.39. The molecular formula is C11H19NO3S. The van der Waals surface area contributed by atoms with Gasteiger partial charge >= 0.3 is 5.97 Å². The van der Waals surface area contributed by atoms with Crippen LogP contribution in [0.4, 0.5) is 0 Å². The van der Waals surface area contributed by atoms with Gasteiger partial charge < -0.3 is 9.84 Å². The van der Waals surface area contributed by atoms with Gasteiger partial charge in [-0.05, 0) is 25.0 Å².